The largest absolute Gasteiger partial charge is 0.469 e. The van der Waals surface area contributed by atoms with Gasteiger partial charge in [-0.05, 0) is 24.3 Å². The van der Waals surface area contributed by atoms with Gasteiger partial charge >= 0.3 is 5.97 Å². The zero-order chi connectivity index (χ0) is 20.7. The fourth-order valence-electron chi connectivity index (χ4n) is 3.46. The number of rotatable bonds is 8. The third kappa shape index (κ3) is 5.52. The molecule has 0 atom stereocenters. The third-order valence-electron chi connectivity index (χ3n) is 5.12. The van der Waals surface area contributed by atoms with Crippen molar-refractivity contribution < 1.29 is 27.6 Å². The van der Waals surface area contributed by atoms with Crippen molar-refractivity contribution in [3.05, 3.63) is 24.3 Å². The van der Waals surface area contributed by atoms with E-state index in [0.717, 1.165) is 18.0 Å². The molecule has 28 heavy (non-hydrogen) atoms. The van der Waals surface area contributed by atoms with Crippen LogP contribution in [0.2, 0.25) is 0 Å². The van der Waals surface area contributed by atoms with E-state index < -0.39 is 10.0 Å². The molecule has 0 saturated carbocycles. The number of nitrogens with zero attached hydrogens (tertiary/aromatic N) is 1. The van der Waals surface area contributed by atoms with Crippen molar-refractivity contribution in [1.29, 1.82) is 0 Å². The van der Waals surface area contributed by atoms with Crippen LogP contribution in [0.1, 0.15) is 26.7 Å². The molecule has 156 valence electrons. The number of hydrogen-bond acceptors (Lipinski definition) is 5. The quantitative estimate of drug-likeness (QED) is 0.592. The molecule has 1 saturated heterocycles. The van der Waals surface area contributed by atoms with Crippen molar-refractivity contribution in [1.82, 2.24) is 4.31 Å². The number of esters is 1. The number of nitrogens with one attached hydrogen (secondary N) is 2. The fraction of sp³-hybridized carbons (Fsp3) is 0.579. The monoisotopic (exact) mass is 412 g/mol. The maximum absolute atomic E-state index is 12.5. The summed E-state index contributed by atoms with van der Waals surface area (Å²) in [6.45, 7) is 6.22. The second kappa shape index (κ2) is 9.99. The lowest BCUT2D eigenvalue weighted by Gasteiger charge is -2.27. The van der Waals surface area contributed by atoms with Gasteiger partial charge in [0.15, 0.2) is 6.54 Å². The van der Waals surface area contributed by atoms with Crippen LogP contribution in [0.3, 0.4) is 0 Å². The Morgan fingerprint density at radius 1 is 1.14 bits per heavy atom. The molecule has 9 heteroatoms. The zero-order valence-corrected chi connectivity index (χ0v) is 17.5. The molecule has 0 bridgehead atoms. The van der Waals surface area contributed by atoms with Gasteiger partial charge in [-0.15, -0.1) is 0 Å². The Morgan fingerprint density at radius 3 is 2.21 bits per heavy atom. The molecule has 2 rings (SSSR count). The van der Waals surface area contributed by atoms with Crippen LogP contribution in [-0.4, -0.2) is 64.4 Å². The molecule has 1 aromatic rings. The number of likely N-dealkylation sites (tertiary alicyclic amines) is 1. The van der Waals surface area contributed by atoms with Gasteiger partial charge in [-0.25, -0.2) is 8.42 Å². The van der Waals surface area contributed by atoms with Crippen molar-refractivity contribution in [2.75, 3.05) is 45.2 Å². The first-order valence-corrected chi connectivity index (χ1v) is 11.1. The molecule has 1 aliphatic heterocycles. The lowest BCUT2D eigenvalue weighted by Crippen LogP contribution is -3.14. The Kier molecular flexibility index (Phi) is 7.97. The van der Waals surface area contributed by atoms with Crippen molar-refractivity contribution in [2.45, 2.75) is 31.6 Å². The van der Waals surface area contributed by atoms with Gasteiger partial charge in [0, 0.05) is 31.6 Å². The average molecular weight is 413 g/mol. The maximum atomic E-state index is 12.5. The summed E-state index contributed by atoms with van der Waals surface area (Å²) in [7, 11) is -2.11. The van der Waals surface area contributed by atoms with Crippen LogP contribution in [0.5, 0.6) is 0 Å². The third-order valence-corrected chi connectivity index (χ3v) is 7.18. The highest BCUT2D eigenvalue weighted by molar-refractivity contribution is 7.89. The van der Waals surface area contributed by atoms with E-state index in [1.807, 2.05) is 0 Å². The summed E-state index contributed by atoms with van der Waals surface area (Å²) >= 11 is 0. The first-order chi connectivity index (χ1) is 13.3. The van der Waals surface area contributed by atoms with E-state index in [1.165, 1.54) is 23.5 Å². The van der Waals surface area contributed by atoms with Crippen LogP contribution in [0.15, 0.2) is 29.2 Å². The Hall–Kier alpha value is -1.97. The van der Waals surface area contributed by atoms with E-state index in [4.69, 9.17) is 4.74 Å². The highest BCUT2D eigenvalue weighted by Gasteiger charge is 2.29. The Morgan fingerprint density at radius 2 is 1.71 bits per heavy atom. The van der Waals surface area contributed by atoms with E-state index in [-0.39, 0.29) is 22.7 Å². The molecule has 1 fully saturated rings. The topological polar surface area (TPSA) is 97.2 Å². The molecule has 1 amide bonds. The minimum absolute atomic E-state index is 0.0721. The summed E-state index contributed by atoms with van der Waals surface area (Å²) in [4.78, 5) is 25.2. The molecule has 0 spiro atoms. The minimum atomic E-state index is -3.50. The van der Waals surface area contributed by atoms with Crippen LogP contribution in [0.25, 0.3) is 0 Å². The van der Waals surface area contributed by atoms with Gasteiger partial charge in [0.25, 0.3) is 5.91 Å². The number of quaternary nitrogens is 1. The van der Waals surface area contributed by atoms with Gasteiger partial charge in [-0.1, -0.05) is 13.8 Å². The Labute approximate surface area is 166 Å². The van der Waals surface area contributed by atoms with Gasteiger partial charge in [-0.3, -0.25) is 9.59 Å². The second-order valence-electron chi connectivity index (χ2n) is 6.89. The standard InChI is InChI=1S/C19H29N3O5S/c1-4-22(5-2)28(25,26)17-8-6-16(7-9-17)20-18(23)14-21-12-10-15(11-13-21)19(24)27-3/h6-9,15H,4-5,10-14H2,1-3H3,(H,20,23)/p+1. The molecule has 0 unspecified atom stereocenters. The number of amides is 1. The van der Waals surface area contributed by atoms with Gasteiger partial charge in [0.05, 0.1) is 31.0 Å². The smallest absolute Gasteiger partial charge is 0.309 e. The zero-order valence-electron chi connectivity index (χ0n) is 16.7. The molecule has 1 heterocycles. The first-order valence-electron chi connectivity index (χ1n) is 9.63. The van der Waals surface area contributed by atoms with Crippen LogP contribution >= 0.6 is 0 Å². The maximum Gasteiger partial charge on any atom is 0.309 e. The molecule has 0 aliphatic carbocycles. The highest BCUT2D eigenvalue weighted by atomic mass is 32.2. The average Bonchev–Trinajstić information content (AvgIpc) is 2.69. The summed E-state index contributed by atoms with van der Waals surface area (Å²) < 4.78 is 31.1. The minimum Gasteiger partial charge on any atom is -0.469 e. The normalized spacial score (nSPS) is 20.0. The van der Waals surface area contributed by atoms with Crippen LogP contribution in [0.4, 0.5) is 5.69 Å². The van der Waals surface area contributed by atoms with Gasteiger partial charge in [0.2, 0.25) is 10.0 Å². The molecule has 8 nitrogen and oxygen atoms in total. The number of carbonyl (C=O) groups is 2. The highest BCUT2D eigenvalue weighted by Crippen LogP contribution is 2.18. The summed E-state index contributed by atoms with van der Waals surface area (Å²) in [6, 6.07) is 6.23. The number of anilines is 1. The fourth-order valence-corrected chi connectivity index (χ4v) is 4.92. The number of carbonyl (C=O) groups excluding carboxylic acids is 2. The van der Waals surface area contributed by atoms with Crippen LogP contribution in [-0.2, 0) is 24.3 Å². The van der Waals surface area contributed by atoms with E-state index in [0.29, 0.717) is 38.2 Å². The van der Waals surface area contributed by atoms with Gasteiger partial charge in [-0.2, -0.15) is 4.31 Å². The van der Waals surface area contributed by atoms with E-state index in [9.17, 15) is 18.0 Å². The molecule has 0 radical (unpaired) electrons. The molecule has 1 aliphatic rings. The molecule has 2 N–H and O–H groups in total. The molecular weight excluding hydrogens is 382 g/mol. The summed E-state index contributed by atoms with van der Waals surface area (Å²) in [5.74, 6) is -0.383. The lowest BCUT2D eigenvalue weighted by atomic mass is 9.97. The van der Waals surface area contributed by atoms with Gasteiger partial charge < -0.3 is 15.0 Å². The second-order valence-corrected chi connectivity index (χ2v) is 8.82. The first kappa shape index (κ1) is 22.3. The number of benzene rings is 1. The summed E-state index contributed by atoms with van der Waals surface area (Å²) in [6.07, 6.45) is 1.43. The van der Waals surface area contributed by atoms with Crippen molar-refractivity contribution in [3.63, 3.8) is 0 Å². The number of ether oxygens (including phenoxy) is 1. The summed E-state index contributed by atoms with van der Waals surface area (Å²) in [5.41, 5.74) is 0.562. The Balaban J connectivity index is 1.89. The van der Waals surface area contributed by atoms with E-state index in [1.54, 1.807) is 26.0 Å². The van der Waals surface area contributed by atoms with E-state index in [2.05, 4.69) is 5.32 Å². The van der Waals surface area contributed by atoms with Gasteiger partial charge in [0.1, 0.15) is 0 Å². The number of piperidine rings is 1. The molecular formula is C19H30N3O5S+. The van der Waals surface area contributed by atoms with Crippen molar-refractivity contribution >= 4 is 27.6 Å². The molecule has 0 aromatic heterocycles. The predicted octanol–water partition coefficient (Wildman–Crippen LogP) is 0.124. The SMILES string of the molecule is CCN(CC)S(=O)(=O)c1ccc(NC(=O)C[NH+]2CCC(C(=O)OC)CC2)cc1. The number of sulfonamides is 1. The predicted molar refractivity (Wildman–Crippen MR) is 105 cm³/mol. The lowest BCUT2D eigenvalue weighted by molar-refractivity contribution is -0.897. The van der Waals surface area contributed by atoms with Crippen molar-refractivity contribution in [3.8, 4) is 0 Å². The van der Waals surface area contributed by atoms with Crippen molar-refractivity contribution in [2.24, 2.45) is 5.92 Å². The molecule has 1 aromatic carbocycles. The number of methoxy groups -OCH3 is 1. The Bertz CT molecular complexity index is 767. The van der Waals surface area contributed by atoms with E-state index >= 15 is 0 Å². The summed E-state index contributed by atoms with van der Waals surface area (Å²) in [5, 5.41) is 2.81. The van der Waals surface area contributed by atoms with Crippen LogP contribution in [0, 0.1) is 5.92 Å². The van der Waals surface area contributed by atoms with Crippen LogP contribution < -0.4 is 10.2 Å². The number of hydrogen-bond donors (Lipinski definition) is 2.